The molecular formula is C22H19ClFN5O2. The number of amides is 1. The van der Waals surface area contributed by atoms with E-state index in [4.69, 9.17) is 11.6 Å². The molecule has 7 nitrogen and oxygen atoms in total. The van der Waals surface area contributed by atoms with E-state index >= 15 is 0 Å². The third-order valence-corrected chi connectivity index (χ3v) is 5.46. The van der Waals surface area contributed by atoms with Crippen LogP contribution in [0.5, 0.6) is 0 Å². The Hall–Kier alpha value is -3.52. The molecule has 0 atom stereocenters. The van der Waals surface area contributed by atoms with E-state index in [1.165, 1.54) is 27.6 Å². The number of benzene rings is 2. The van der Waals surface area contributed by atoms with Crippen LogP contribution in [-0.2, 0) is 11.3 Å². The van der Waals surface area contributed by atoms with Crippen molar-refractivity contribution in [1.29, 1.82) is 0 Å². The highest BCUT2D eigenvalue weighted by atomic mass is 35.5. The van der Waals surface area contributed by atoms with Gasteiger partial charge < -0.3 is 5.32 Å². The Morgan fingerprint density at radius 2 is 1.90 bits per heavy atom. The van der Waals surface area contributed by atoms with Gasteiger partial charge in [0.2, 0.25) is 5.91 Å². The Kier molecular flexibility index (Phi) is 5.56. The molecule has 31 heavy (non-hydrogen) atoms. The van der Waals surface area contributed by atoms with Crippen molar-refractivity contribution in [2.75, 3.05) is 5.32 Å². The number of aromatic nitrogens is 4. The second-order valence-electron chi connectivity index (χ2n) is 7.10. The van der Waals surface area contributed by atoms with E-state index in [1.54, 1.807) is 37.3 Å². The zero-order chi connectivity index (χ0) is 22.1. The van der Waals surface area contributed by atoms with Crippen molar-refractivity contribution in [3.8, 4) is 5.69 Å². The molecule has 0 spiro atoms. The van der Waals surface area contributed by atoms with Crippen LogP contribution < -0.4 is 10.9 Å². The lowest BCUT2D eigenvalue weighted by Gasteiger charge is -2.12. The maximum absolute atomic E-state index is 13.2. The average molecular weight is 440 g/mol. The van der Waals surface area contributed by atoms with Gasteiger partial charge in [0.1, 0.15) is 17.0 Å². The molecule has 1 amide bonds. The second kappa shape index (κ2) is 8.31. The molecule has 4 aromatic rings. The highest BCUT2D eigenvalue weighted by Crippen LogP contribution is 2.23. The van der Waals surface area contributed by atoms with Gasteiger partial charge in [-0.25, -0.2) is 14.1 Å². The number of anilines is 1. The zero-order valence-corrected chi connectivity index (χ0v) is 17.7. The molecule has 0 saturated carbocycles. The molecule has 0 bridgehead atoms. The van der Waals surface area contributed by atoms with Gasteiger partial charge in [-0.05, 0) is 55.8 Å². The van der Waals surface area contributed by atoms with E-state index in [9.17, 15) is 14.0 Å². The van der Waals surface area contributed by atoms with E-state index in [0.717, 1.165) is 5.56 Å². The predicted molar refractivity (Wildman–Crippen MR) is 117 cm³/mol. The van der Waals surface area contributed by atoms with Crippen LogP contribution in [0.15, 0.2) is 53.5 Å². The SMILES string of the molecule is Cc1c(Cl)cccc1NC(=O)CCn1c(C)nc2c(cnn2-c2ccc(F)cc2)c1=O. The van der Waals surface area contributed by atoms with Crippen molar-refractivity contribution in [2.24, 2.45) is 0 Å². The smallest absolute Gasteiger partial charge is 0.264 e. The highest BCUT2D eigenvalue weighted by Gasteiger charge is 2.15. The number of nitrogens with zero attached hydrogens (tertiary/aromatic N) is 4. The Labute approximate surface area is 182 Å². The number of aryl methyl sites for hydroxylation is 1. The average Bonchev–Trinajstić information content (AvgIpc) is 3.15. The van der Waals surface area contributed by atoms with E-state index in [-0.39, 0.29) is 30.2 Å². The minimum atomic E-state index is -0.363. The molecule has 1 N–H and O–H groups in total. The highest BCUT2D eigenvalue weighted by molar-refractivity contribution is 6.31. The summed E-state index contributed by atoms with van der Waals surface area (Å²) in [6, 6.07) is 11.0. The van der Waals surface area contributed by atoms with Crippen molar-refractivity contribution in [1.82, 2.24) is 19.3 Å². The van der Waals surface area contributed by atoms with Gasteiger partial charge in [0.25, 0.3) is 5.56 Å². The molecule has 0 saturated heterocycles. The standard InChI is InChI=1S/C22H19ClFN5O2/c1-13-18(23)4-3-5-19(13)27-20(30)10-11-28-14(2)26-21-17(22(28)31)12-25-29(21)16-8-6-15(24)7-9-16/h3-9,12H,10-11H2,1-2H3,(H,27,30). The molecule has 0 unspecified atom stereocenters. The number of rotatable bonds is 5. The molecular weight excluding hydrogens is 421 g/mol. The van der Waals surface area contributed by atoms with Crippen molar-refractivity contribution in [2.45, 2.75) is 26.8 Å². The molecule has 0 aliphatic carbocycles. The first-order chi connectivity index (χ1) is 14.8. The van der Waals surface area contributed by atoms with Gasteiger partial charge in [0.15, 0.2) is 5.65 Å². The largest absolute Gasteiger partial charge is 0.326 e. The fraction of sp³-hybridized carbons (Fsp3) is 0.182. The number of hydrogen-bond donors (Lipinski definition) is 1. The number of carbonyl (C=O) groups excluding carboxylic acids is 1. The van der Waals surface area contributed by atoms with E-state index in [1.807, 2.05) is 6.92 Å². The molecule has 2 aromatic carbocycles. The van der Waals surface area contributed by atoms with Gasteiger partial charge in [0.05, 0.1) is 11.9 Å². The molecule has 0 aliphatic rings. The van der Waals surface area contributed by atoms with Crippen LogP contribution >= 0.6 is 11.6 Å². The quantitative estimate of drug-likeness (QED) is 0.509. The summed E-state index contributed by atoms with van der Waals surface area (Å²) >= 11 is 6.09. The topological polar surface area (TPSA) is 81.8 Å². The molecule has 0 fully saturated rings. The summed E-state index contributed by atoms with van der Waals surface area (Å²) in [5.41, 5.74) is 2.10. The summed E-state index contributed by atoms with van der Waals surface area (Å²) in [4.78, 5) is 29.9. The molecule has 158 valence electrons. The van der Waals surface area contributed by atoms with Gasteiger partial charge in [-0.3, -0.25) is 14.2 Å². The summed E-state index contributed by atoms with van der Waals surface area (Å²) in [5.74, 6) is -0.148. The fourth-order valence-electron chi connectivity index (χ4n) is 3.31. The van der Waals surface area contributed by atoms with Gasteiger partial charge in [-0.15, -0.1) is 0 Å². The van der Waals surface area contributed by atoms with Crippen LogP contribution in [0.25, 0.3) is 16.7 Å². The van der Waals surface area contributed by atoms with Crippen molar-refractivity contribution < 1.29 is 9.18 Å². The Morgan fingerprint density at radius 3 is 2.65 bits per heavy atom. The molecule has 4 rings (SSSR count). The van der Waals surface area contributed by atoms with Crippen LogP contribution in [0.3, 0.4) is 0 Å². The maximum atomic E-state index is 13.2. The number of nitrogens with one attached hydrogen (secondary N) is 1. The number of halogens is 2. The number of fused-ring (bicyclic) bond motifs is 1. The first-order valence-corrected chi connectivity index (χ1v) is 9.99. The van der Waals surface area contributed by atoms with Gasteiger partial charge in [0, 0.05) is 23.7 Å². The Morgan fingerprint density at radius 1 is 1.16 bits per heavy atom. The zero-order valence-electron chi connectivity index (χ0n) is 16.9. The van der Waals surface area contributed by atoms with Crippen molar-refractivity contribution in [3.63, 3.8) is 0 Å². The monoisotopic (exact) mass is 439 g/mol. The van der Waals surface area contributed by atoms with E-state index in [2.05, 4.69) is 15.4 Å². The van der Waals surface area contributed by atoms with Crippen molar-refractivity contribution in [3.05, 3.63) is 81.2 Å². The summed E-state index contributed by atoms with van der Waals surface area (Å²) in [5, 5.41) is 7.94. The number of carbonyl (C=O) groups is 1. The van der Waals surface area contributed by atoms with Gasteiger partial charge in [-0.1, -0.05) is 17.7 Å². The summed E-state index contributed by atoms with van der Waals surface area (Å²) < 4.78 is 16.2. The van der Waals surface area contributed by atoms with Gasteiger partial charge in [-0.2, -0.15) is 5.10 Å². The predicted octanol–water partition coefficient (Wildman–Crippen LogP) is 4.02. The van der Waals surface area contributed by atoms with Crippen LogP contribution in [0.4, 0.5) is 10.1 Å². The fourth-order valence-corrected chi connectivity index (χ4v) is 3.48. The normalized spacial score (nSPS) is 11.1. The number of hydrogen-bond acceptors (Lipinski definition) is 4. The van der Waals surface area contributed by atoms with E-state index in [0.29, 0.717) is 33.3 Å². The molecule has 0 radical (unpaired) electrons. The minimum Gasteiger partial charge on any atom is -0.326 e. The molecule has 2 aromatic heterocycles. The lowest BCUT2D eigenvalue weighted by molar-refractivity contribution is -0.116. The van der Waals surface area contributed by atoms with Crippen molar-refractivity contribution >= 4 is 34.2 Å². The van der Waals surface area contributed by atoms with E-state index < -0.39 is 0 Å². The van der Waals surface area contributed by atoms with Crippen LogP contribution in [0.1, 0.15) is 17.8 Å². The lowest BCUT2D eigenvalue weighted by Crippen LogP contribution is -2.26. The Balaban J connectivity index is 1.57. The van der Waals surface area contributed by atoms with Crippen LogP contribution in [0, 0.1) is 19.7 Å². The summed E-state index contributed by atoms with van der Waals surface area (Å²) in [6.45, 7) is 3.69. The first kappa shape index (κ1) is 20.7. The second-order valence-corrected chi connectivity index (χ2v) is 7.50. The molecule has 0 aliphatic heterocycles. The third-order valence-electron chi connectivity index (χ3n) is 5.05. The summed E-state index contributed by atoms with van der Waals surface area (Å²) in [7, 11) is 0. The van der Waals surface area contributed by atoms with Crippen LogP contribution in [-0.4, -0.2) is 25.2 Å². The Bertz CT molecular complexity index is 1340. The lowest BCUT2D eigenvalue weighted by atomic mass is 10.2. The van der Waals surface area contributed by atoms with Gasteiger partial charge >= 0.3 is 0 Å². The molecule has 2 heterocycles. The summed E-state index contributed by atoms with van der Waals surface area (Å²) in [6.07, 6.45) is 1.52. The maximum Gasteiger partial charge on any atom is 0.264 e. The first-order valence-electron chi connectivity index (χ1n) is 9.61. The van der Waals surface area contributed by atoms with Crippen LogP contribution in [0.2, 0.25) is 5.02 Å². The minimum absolute atomic E-state index is 0.0893. The third kappa shape index (κ3) is 4.06. The molecule has 9 heteroatoms.